The van der Waals surface area contributed by atoms with Gasteiger partial charge in [0.05, 0.1) is 0 Å². The molecule has 0 atom stereocenters. The molecule has 108 valence electrons. The summed E-state index contributed by atoms with van der Waals surface area (Å²) in [5.74, 6) is -0.562. The minimum Gasteiger partial charge on any atom is -0.455 e. The van der Waals surface area contributed by atoms with Gasteiger partial charge < -0.3 is 9.30 Å². The van der Waals surface area contributed by atoms with Gasteiger partial charge >= 0.3 is 5.97 Å². The minimum absolute atomic E-state index is 0.0940. The molecule has 0 aliphatic heterocycles. The van der Waals surface area contributed by atoms with Gasteiger partial charge in [0.25, 0.3) is 9.05 Å². The van der Waals surface area contributed by atoms with E-state index in [0.29, 0.717) is 6.54 Å². The van der Waals surface area contributed by atoms with Crippen molar-refractivity contribution in [1.29, 1.82) is 0 Å². The highest BCUT2D eigenvalue weighted by Crippen LogP contribution is 2.21. The first-order chi connectivity index (χ1) is 8.54. The second-order valence-corrected chi connectivity index (χ2v) is 7.76. The quantitative estimate of drug-likeness (QED) is 0.634. The lowest BCUT2D eigenvalue weighted by atomic mass is 10.2. The van der Waals surface area contributed by atoms with Gasteiger partial charge in [0.1, 0.15) is 16.2 Å². The third-order valence-electron chi connectivity index (χ3n) is 2.23. The smallest absolute Gasteiger partial charge is 0.355 e. The fraction of sp³-hybridized carbons (Fsp3) is 0.583. The summed E-state index contributed by atoms with van der Waals surface area (Å²) in [4.78, 5) is 11.9. The Balaban J connectivity index is 3.18. The van der Waals surface area contributed by atoms with Crippen LogP contribution in [0.15, 0.2) is 17.2 Å². The molecule has 0 saturated heterocycles. The number of halogens is 1. The van der Waals surface area contributed by atoms with Gasteiger partial charge in [0.2, 0.25) is 0 Å². The maximum Gasteiger partial charge on any atom is 0.355 e. The van der Waals surface area contributed by atoms with E-state index < -0.39 is 20.6 Å². The zero-order valence-corrected chi connectivity index (χ0v) is 13.0. The van der Waals surface area contributed by atoms with Crippen LogP contribution in [0.25, 0.3) is 0 Å². The number of ether oxygens (including phenoxy) is 1. The summed E-state index contributed by atoms with van der Waals surface area (Å²) in [5, 5.41) is 0. The Morgan fingerprint density at radius 3 is 2.42 bits per heavy atom. The summed E-state index contributed by atoms with van der Waals surface area (Å²) in [6, 6.07) is 1.24. The van der Waals surface area contributed by atoms with E-state index in [2.05, 4.69) is 0 Å². The monoisotopic (exact) mass is 307 g/mol. The molecule has 0 saturated carbocycles. The normalized spacial score (nSPS) is 12.5. The third kappa shape index (κ3) is 4.54. The van der Waals surface area contributed by atoms with Gasteiger partial charge in [-0.1, -0.05) is 6.92 Å². The van der Waals surface area contributed by atoms with Crippen molar-refractivity contribution in [2.24, 2.45) is 0 Å². The minimum atomic E-state index is -3.86. The predicted octanol–water partition coefficient (Wildman–Crippen LogP) is 2.78. The molecule has 0 bridgehead atoms. The van der Waals surface area contributed by atoms with Crippen molar-refractivity contribution in [2.45, 2.75) is 51.2 Å². The molecule has 0 radical (unpaired) electrons. The molecule has 7 heteroatoms. The van der Waals surface area contributed by atoms with Crippen LogP contribution in [0.3, 0.4) is 0 Å². The maximum absolute atomic E-state index is 12.0. The fourth-order valence-corrected chi connectivity index (χ4v) is 2.30. The molecule has 0 spiro atoms. The first-order valence-corrected chi connectivity index (χ1v) is 8.23. The van der Waals surface area contributed by atoms with Crippen molar-refractivity contribution in [1.82, 2.24) is 4.57 Å². The summed E-state index contributed by atoms with van der Waals surface area (Å²) in [7, 11) is 1.43. The molecule has 0 amide bonds. The van der Waals surface area contributed by atoms with E-state index in [1.165, 1.54) is 12.3 Å². The molecule has 0 fully saturated rings. The van der Waals surface area contributed by atoms with Gasteiger partial charge in [0, 0.05) is 23.4 Å². The largest absolute Gasteiger partial charge is 0.455 e. The zero-order chi connectivity index (χ0) is 14.8. The van der Waals surface area contributed by atoms with Crippen LogP contribution in [0.2, 0.25) is 0 Å². The Bertz CT molecular complexity index is 569. The number of carbonyl (C=O) groups is 1. The number of hydrogen-bond donors (Lipinski definition) is 0. The van der Waals surface area contributed by atoms with Crippen molar-refractivity contribution < 1.29 is 17.9 Å². The molecular formula is C12H18ClNO4S. The summed E-state index contributed by atoms with van der Waals surface area (Å²) in [6.45, 7) is 7.68. The summed E-state index contributed by atoms with van der Waals surface area (Å²) in [6.07, 6.45) is 2.11. The Morgan fingerprint density at radius 1 is 1.42 bits per heavy atom. The van der Waals surface area contributed by atoms with Gasteiger partial charge in [-0.25, -0.2) is 13.2 Å². The van der Waals surface area contributed by atoms with E-state index in [1.807, 2.05) is 6.92 Å². The number of hydrogen-bond acceptors (Lipinski definition) is 4. The topological polar surface area (TPSA) is 65.4 Å². The van der Waals surface area contributed by atoms with E-state index in [4.69, 9.17) is 15.4 Å². The van der Waals surface area contributed by atoms with Crippen molar-refractivity contribution in [3.05, 3.63) is 18.0 Å². The standard InChI is InChI=1S/C12H18ClNO4S/c1-5-6-14-8-9(19(13,16)17)7-10(14)11(15)18-12(2,3)4/h7-8H,5-6H2,1-4H3. The van der Waals surface area contributed by atoms with Crippen LogP contribution in [-0.4, -0.2) is 24.6 Å². The molecule has 1 aromatic heterocycles. The molecule has 0 aliphatic rings. The summed E-state index contributed by atoms with van der Waals surface area (Å²) >= 11 is 0. The molecule has 0 aliphatic carbocycles. The number of aromatic nitrogens is 1. The highest BCUT2D eigenvalue weighted by molar-refractivity contribution is 8.13. The van der Waals surface area contributed by atoms with Crippen LogP contribution in [0, 0.1) is 0 Å². The van der Waals surface area contributed by atoms with Crippen molar-refractivity contribution >= 4 is 25.7 Å². The van der Waals surface area contributed by atoms with Gasteiger partial charge in [-0.3, -0.25) is 0 Å². The van der Waals surface area contributed by atoms with Crippen molar-refractivity contribution in [3.63, 3.8) is 0 Å². The zero-order valence-electron chi connectivity index (χ0n) is 11.4. The SMILES string of the molecule is CCCn1cc(S(=O)(=O)Cl)cc1C(=O)OC(C)(C)C. The molecule has 1 heterocycles. The van der Waals surface area contributed by atoms with E-state index in [1.54, 1.807) is 25.3 Å². The predicted molar refractivity (Wildman–Crippen MR) is 72.9 cm³/mol. The third-order valence-corrected chi connectivity index (χ3v) is 3.55. The Morgan fingerprint density at radius 2 is 2.00 bits per heavy atom. The fourth-order valence-electron chi connectivity index (χ4n) is 1.54. The van der Waals surface area contributed by atoms with E-state index in [9.17, 15) is 13.2 Å². The Kier molecular flexibility index (Phi) is 4.68. The van der Waals surface area contributed by atoms with E-state index >= 15 is 0 Å². The van der Waals surface area contributed by atoms with Gasteiger partial charge in [0.15, 0.2) is 0 Å². The first-order valence-electron chi connectivity index (χ1n) is 5.93. The second kappa shape index (κ2) is 5.54. The van der Waals surface area contributed by atoms with Gasteiger partial charge in [-0.05, 0) is 33.3 Å². The molecule has 0 unspecified atom stereocenters. The Labute approximate surface area is 117 Å². The average Bonchev–Trinajstić information content (AvgIpc) is 2.59. The number of esters is 1. The first kappa shape index (κ1) is 16.0. The lowest BCUT2D eigenvalue weighted by Gasteiger charge is -2.19. The van der Waals surface area contributed by atoms with Crippen LogP contribution in [-0.2, 0) is 20.3 Å². The second-order valence-electron chi connectivity index (χ2n) is 5.19. The van der Waals surface area contributed by atoms with E-state index in [-0.39, 0.29) is 10.6 Å². The van der Waals surface area contributed by atoms with Crippen LogP contribution < -0.4 is 0 Å². The molecule has 1 aromatic rings. The number of carbonyl (C=O) groups excluding carboxylic acids is 1. The summed E-state index contributed by atoms with van der Waals surface area (Å²) in [5.41, 5.74) is -0.450. The van der Waals surface area contributed by atoms with Gasteiger partial charge in [-0.15, -0.1) is 0 Å². The maximum atomic E-state index is 12.0. The highest BCUT2D eigenvalue weighted by Gasteiger charge is 2.24. The molecule has 0 N–H and O–H groups in total. The number of aryl methyl sites for hydroxylation is 1. The van der Waals surface area contributed by atoms with Crippen molar-refractivity contribution in [2.75, 3.05) is 0 Å². The molecule has 0 aromatic carbocycles. The number of rotatable bonds is 4. The van der Waals surface area contributed by atoms with Crippen LogP contribution in [0.5, 0.6) is 0 Å². The number of nitrogens with zero attached hydrogens (tertiary/aromatic N) is 1. The van der Waals surface area contributed by atoms with Gasteiger partial charge in [-0.2, -0.15) is 0 Å². The van der Waals surface area contributed by atoms with E-state index in [0.717, 1.165) is 6.42 Å². The molecular weight excluding hydrogens is 290 g/mol. The molecule has 1 rings (SSSR count). The van der Waals surface area contributed by atoms with Crippen molar-refractivity contribution in [3.8, 4) is 0 Å². The lowest BCUT2D eigenvalue weighted by molar-refractivity contribution is 0.00576. The highest BCUT2D eigenvalue weighted by atomic mass is 35.7. The summed E-state index contributed by atoms with van der Waals surface area (Å²) < 4.78 is 29.4. The van der Waals surface area contributed by atoms with Crippen LogP contribution >= 0.6 is 10.7 Å². The molecule has 5 nitrogen and oxygen atoms in total. The van der Waals surface area contributed by atoms with Crippen LogP contribution in [0.1, 0.15) is 44.6 Å². The average molecular weight is 308 g/mol. The lowest BCUT2D eigenvalue weighted by Crippen LogP contribution is -2.25. The Hall–Kier alpha value is -1.01. The molecule has 19 heavy (non-hydrogen) atoms. The van der Waals surface area contributed by atoms with Crippen LogP contribution in [0.4, 0.5) is 0 Å².